The number of fused-ring (bicyclic) bond motifs is 1. The molecular weight excluding hydrogens is 418 g/mol. The number of aromatic nitrogens is 2. The summed E-state index contributed by atoms with van der Waals surface area (Å²) < 4.78 is 39.2. The molecule has 1 aliphatic rings. The molecule has 3 heterocycles. The Bertz CT molecular complexity index is 1230. The van der Waals surface area contributed by atoms with Gasteiger partial charge in [0.15, 0.2) is 0 Å². The van der Waals surface area contributed by atoms with Gasteiger partial charge in [-0.3, -0.25) is 9.20 Å². The largest absolute Gasteiger partial charge is 0.496 e. The van der Waals surface area contributed by atoms with Crippen molar-refractivity contribution in [2.24, 2.45) is 0 Å². The van der Waals surface area contributed by atoms with Crippen molar-refractivity contribution in [2.75, 3.05) is 27.3 Å². The first kappa shape index (κ1) is 21.6. The lowest BCUT2D eigenvalue weighted by Crippen LogP contribution is -2.58. The number of alkyl halides is 2. The maximum absolute atomic E-state index is 13.3. The van der Waals surface area contributed by atoms with Gasteiger partial charge in [-0.2, -0.15) is 5.26 Å². The number of nitriles is 1. The molecule has 4 rings (SSSR count). The van der Waals surface area contributed by atoms with E-state index in [2.05, 4.69) is 11.1 Å². The zero-order valence-electron chi connectivity index (χ0n) is 18.1. The fraction of sp³-hybridized carbons (Fsp3) is 0.348. The third-order valence-corrected chi connectivity index (χ3v) is 5.66. The summed E-state index contributed by atoms with van der Waals surface area (Å²) in [6, 6.07) is 9.30. The minimum Gasteiger partial charge on any atom is -0.496 e. The van der Waals surface area contributed by atoms with Crippen molar-refractivity contribution in [3.8, 4) is 28.8 Å². The third-order valence-electron chi connectivity index (χ3n) is 5.66. The van der Waals surface area contributed by atoms with Crippen LogP contribution in [0.25, 0.3) is 16.9 Å². The number of carbonyl (C=O) groups excluding carboxylic acids is 1. The van der Waals surface area contributed by atoms with Crippen LogP contribution in [-0.4, -0.2) is 53.4 Å². The van der Waals surface area contributed by atoms with Crippen molar-refractivity contribution in [1.82, 2.24) is 14.3 Å². The highest BCUT2D eigenvalue weighted by Gasteiger charge is 2.47. The molecule has 0 saturated carbocycles. The number of methoxy groups -OCH3 is 2. The Hall–Kier alpha value is -3.67. The Kier molecular flexibility index (Phi) is 5.04. The van der Waals surface area contributed by atoms with Gasteiger partial charge >= 0.3 is 0 Å². The summed E-state index contributed by atoms with van der Waals surface area (Å²) in [6.45, 7) is 2.41. The van der Waals surface area contributed by atoms with Gasteiger partial charge in [0.2, 0.25) is 0 Å². The zero-order valence-corrected chi connectivity index (χ0v) is 18.1. The number of benzene rings is 1. The van der Waals surface area contributed by atoms with Crippen molar-refractivity contribution in [2.45, 2.75) is 25.2 Å². The molecule has 2 aromatic heterocycles. The number of carbonyl (C=O) groups is 1. The highest BCUT2D eigenvalue weighted by Crippen LogP contribution is 2.38. The first-order chi connectivity index (χ1) is 15.1. The lowest BCUT2D eigenvalue weighted by molar-refractivity contribution is -0.113. The summed E-state index contributed by atoms with van der Waals surface area (Å²) >= 11 is 0. The first-order valence-electron chi connectivity index (χ1n) is 9.92. The fourth-order valence-electron chi connectivity index (χ4n) is 3.73. The average molecular weight is 440 g/mol. The molecule has 32 heavy (non-hydrogen) atoms. The van der Waals surface area contributed by atoms with Gasteiger partial charge < -0.3 is 14.4 Å². The standard InChI is InChI=1S/C23H22F2N4O3/c1-22(2,11-26)15-5-6-29-16(10-27-19(29)9-15)14-7-17(31-3)20(18(8-14)32-4)21(30)28-12-23(24,25)13-28/h5-10H,12-13H2,1-4H3. The van der Waals surface area contributed by atoms with Crippen LogP contribution in [0, 0.1) is 11.3 Å². The normalized spacial score (nSPS) is 15.2. The lowest BCUT2D eigenvalue weighted by Gasteiger charge is -2.39. The molecule has 166 valence electrons. The van der Waals surface area contributed by atoms with E-state index >= 15 is 0 Å². The zero-order chi connectivity index (χ0) is 23.3. The quantitative estimate of drug-likeness (QED) is 0.601. The molecule has 0 N–H and O–H groups in total. The van der Waals surface area contributed by atoms with Gasteiger partial charge in [-0.1, -0.05) is 0 Å². The average Bonchev–Trinajstić information content (AvgIpc) is 3.19. The van der Waals surface area contributed by atoms with Crippen LogP contribution in [0.3, 0.4) is 0 Å². The topological polar surface area (TPSA) is 79.9 Å². The minimum atomic E-state index is -2.87. The maximum Gasteiger partial charge on any atom is 0.282 e. The molecule has 1 amide bonds. The van der Waals surface area contributed by atoms with Gasteiger partial charge in [-0.15, -0.1) is 0 Å². The van der Waals surface area contributed by atoms with Gasteiger partial charge in [-0.25, -0.2) is 13.8 Å². The van der Waals surface area contributed by atoms with E-state index in [0.717, 1.165) is 10.5 Å². The Morgan fingerprint density at radius 1 is 1.19 bits per heavy atom. The highest BCUT2D eigenvalue weighted by molar-refractivity contribution is 6.01. The van der Waals surface area contributed by atoms with Crippen LogP contribution in [0.1, 0.15) is 29.8 Å². The van der Waals surface area contributed by atoms with Crippen LogP contribution in [0.2, 0.25) is 0 Å². The summed E-state index contributed by atoms with van der Waals surface area (Å²) in [5.74, 6) is -3.00. The predicted molar refractivity (Wildman–Crippen MR) is 113 cm³/mol. The molecule has 0 aliphatic carbocycles. The number of likely N-dealkylation sites (tertiary alicyclic amines) is 1. The molecule has 1 aromatic carbocycles. The number of pyridine rings is 1. The third kappa shape index (κ3) is 3.51. The maximum atomic E-state index is 13.3. The van der Waals surface area contributed by atoms with Crippen molar-refractivity contribution >= 4 is 11.6 Å². The van der Waals surface area contributed by atoms with E-state index in [9.17, 15) is 18.8 Å². The summed E-state index contributed by atoms with van der Waals surface area (Å²) in [6.07, 6.45) is 3.50. The van der Waals surface area contributed by atoms with Crippen molar-refractivity contribution in [1.29, 1.82) is 5.26 Å². The molecule has 1 aliphatic heterocycles. The van der Waals surface area contributed by atoms with Gasteiger partial charge in [0.25, 0.3) is 11.8 Å². The lowest BCUT2D eigenvalue weighted by atomic mass is 9.87. The van der Waals surface area contributed by atoms with E-state index in [1.165, 1.54) is 14.2 Å². The number of hydrogen-bond acceptors (Lipinski definition) is 5. The molecule has 3 aromatic rings. The van der Waals surface area contributed by atoms with Crippen LogP contribution in [0.5, 0.6) is 11.5 Å². The monoisotopic (exact) mass is 440 g/mol. The molecular formula is C23H22F2N4O3. The van der Waals surface area contributed by atoms with E-state index in [0.29, 0.717) is 16.9 Å². The number of rotatable bonds is 5. The molecule has 0 spiro atoms. The molecule has 1 saturated heterocycles. The smallest absolute Gasteiger partial charge is 0.282 e. The molecule has 0 radical (unpaired) electrons. The van der Waals surface area contributed by atoms with E-state index < -0.39 is 30.3 Å². The molecule has 9 heteroatoms. The number of imidazole rings is 1. The predicted octanol–water partition coefficient (Wildman–Crippen LogP) is 3.91. The van der Waals surface area contributed by atoms with Gasteiger partial charge in [0.1, 0.15) is 22.7 Å². The molecule has 7 nitrogen and oxygen atoms in total. The number of halogens is 2. The second-order valence-electron chi connectivity index (χ2n) is 8.30. The van der Waals surface area contributed by atoms with Crippen molar-refractivity contribution in [3.63, 3.8) is 0 Å². The van der Waals surface area contributed by atoms with E-state index in [1.807, 2.05) is 36.6 Å². The van der Waals surface area contributed by atoms with Crippen molar-refractivity contribution in [3.05, 3.63) is 47.8 Å². The summed E-state index contributed by atoms with van der Waals surface area (Å²) in [5.41, 5.74) is 2.32. The number of hydrogen-bond donors (Lipinski definition) is 0. The van der Waals surface area contributed by atoms with Crippen LogP contribution in [0.15, 0.2) is 36.7 Å². The summed E-state index contributed by atoms with van der Waals surface area (Å²) in [7, 11) is 2.82. The van der Waals surface area contributed by atoms with E-state index in [4.69, 9.17) is 9.47 Å². The fourth-order valence-corrected chi connectivity index (χ4v) is 3.73. The Morgan fingerprint density at radius 2 is 1.81 bits per heavy atom. The number of ether oxygens (including phenoxy) is 2. The Labute approximate surface area is 183 Å². The SMILES string of the molecule is COc1cc(-c2cnc3cc(C(C)(C)C#N)ccn23)cc(OC)c1C(=O)N1CC(F)(F)C1. The molecule has 0 bridgehead atoms. The summed E-state index contributed by atoms with van der Waals surface area (Å²) in [5, 5.41) is 9.40. The van der Waals surface area contributed by atoms with Crippen LogP contribution >= 0.6 is 0 Å². The highest BCUT2D eigenvalue weighted by atomic mass is 19.3. The van der Waals surface area contributed by atoms with Crippen LogP contribution in [0.4, 0.5) is 8.78 Å². The summed E-state index contributed by atoms with van der Waals surface area (Å²) in [4.78, 5) is 18.3. The number of amides is 1. The van der Waals surface area contributed by atoms with Crippen LogP contribution < -0.4 is 9.47 Å². The number of nitrogens with zero attached hydrogens (tertiary/aromatic N) is 4. The van der Waals surface area contributed by atoms with E-state index in [1.54, 1.807) is 18.3 Å². The Morgan fingerprint density at radius 3 is 2.34 bits per heavy atom. The molecule has 0 atom stereocenters. The minimum absolute atomic E-state index is 0.0983. The van der Waals surface area contributed by atoms with Crippen LogP contribution in [-0.2, 0) is 5.41 Å². The van der Waals surface area contributed by atoms with Gasteiger partial charge in [0.05, 0.1) is 50.7 Å². The Balaban J connectivity index is 1.77. The second kappa shape index (κ2) is 7.48. The van der Waals surface area contributed by atoms with Gasteiger partial charge in [0, 0.05) is 11.8 Å². The molecule has 1 fully saturated rings. The van der Waals surface area contributed by atoms with E-state index in [-0.39, 0.29) is 17.1 Å². The van der Waals surface area contributed by atoms with Crippen molar-refractivity contribution < 1.29 is 23.0 Å². The molecule has 0 unspecified atom stereocenters. The second-order valence-corrected chi connectivity index (χ2v) is 8.30. The van der Waals surface area contributed by atoms with Gasteiger partial charge in [-0.05, 0) is 43.7 Å². The first-order valence-corrected chi connectivity index (χ1v) is 9.92.